The Kier molecular flexibility index (Phi) is 3.00. The van der Waals surface area contributed by atoms with Gasteiger partial charge in [0.05, 0.1) is 17.1 Å². The van der Waals surface area contributed by atoms with Crippen molar-refractivity contribution in [3.8, 4) is 0 Å². The SMILES string of the molecule is CC1=Nc2ccc(C)cc2N=C(c2ccccc2)C1. The second-order valence-corrected chi connectivity index (χ2v) is 4.94. The van der Waals surface area contributed by atoms with Crippen LogP contribution in [0.2, 0.25) is 0 Å². The van der Waals surface area contributed by atoms with Gasteiger partial charge in [-0.1, -0.05) is 36.4 Å². The predicted octanol–water partition coefficient (Wildman–Crippen LogP) is 4.61. The topological polar surface area (TPSA) is 24.7 Å². The minimum atomic E-state index is 0.803. The molecule has 0 unspecified atom stereocenters. The lowest BCUT2D eigenvalue weighted by Crippen LogP contribution is -2.05. The number of rotatable bonds is 1. The molecule has 0 amide bonds. The lowest BCUT2D eigenvalue weighted by atomic mass is 10.1. The van der Waals surface area contributed by atoms with Crippen LogP contribution in [0.3, 0.4) is 0 Å². The van der Waals surface area contributed by atoms with Gasteiger partial charge in [-0.2, -0.15) is 0 Å². The van der Waals surface area contributed by atoms with Gasteiger partial charge < -0.3 is 0 Å². The molecular weight excluding hydrogens is 232 g/mol. The summed E-state index contributed by atoms with van der Waals surface area (Å²) in [6.45, 7) is 4.15. The van der Waals surface area contributed by atoms with Gasteiger partial charge in [0, 0.05) is 12.1 Å². The average molecular weight is 248 g/mol. The summed E-state index contributed by atoms with van der Waals surface area (Å²) < 4.78 is 0. The molecular formula is C17H16N2. The normalized spacial score (nSPS) is 14.2. The minimum Gasteiger partial charge on any atom is -0.255 e. The second-order valence-electron chi connectivity index (χ2n) is 4.94. The molecule has 0 saturated heterocycles. The van der Waals surface area contributed by atoms with Crippen LogP contribution in [0.4, 0.5) is 11.4 Å². The second kappa shape index (κ2) is 4.81. The molecule has 0 atom stereocenters. The Morgan fingerprint density at radius 1 is 0.842 bits per heavy atom. The van der Waals surface area contributed by atoms with Crippen LogP contribution in [0.25, 0.3) is 0 Å². The Morgan fingerprint density at radius 3 is 2.42 bits per heavy atom. The van der Waals surface area contributed by atoms with E-state index >= 15 is 0 Å². The molecule has 2 aromatic carbocycles. The van der Waals surface area contributed by atoms with Gasteiger partial charge in [-0.25, -0.2) is 0 Å². The highest BCUT2D eigenvalue weighted by atomic mass is 14.9. The maximum atomic E-state index is 4.82. The van der Waals surface area contributed by atoms with Crippen molar-refractivity contribution in [3.05, 3.63) is 59.7 Å². The molecule has 0 N–H and O–H groups in total. The predicted molar refractivity (Wildman–Crippen MR) is 81.2 cm³/mol. The molecule has 0 spiro atoms. The highest BCUT2D eigenvalue weighted by molar-refractivity contribution is 6.14. The smallest absolute Gasteiger partial charge is 0.0892 e. The van der Waals surface area contributed by atoms with E-state index in [4.69, 9.17) is 4.99 Å². The first-order valence-corrected chi connectivity index (χ1v) is 6.50. The van der Waals surface area contributed by atoms with E-state index in [1.165, 1.54) is 11.1 Å². The fraction of sp³-hybridized carbons (Fsp3) is 0.176. The van der Waals surface area contributed by atoms with Gasteiger partial charge >= 0.3 is 0 Å². The summed E-state index contributed by atoms with van der Waals surface area (Å²) in [5, 5.41) is 0. The lowest BCUT2D eigenvalue weighted by Gasteiger charge is -2.04. The Morgan fingerprint density at radius 2 is 1.63 bits per heavy atom. The van der Waals surface area contributed by atoms with E-state index in [9.17, 15) is 0 Å². The number of hydrogen-bond acceptors (Lipinski definition) is 2. The van der Waals surface area contributed by atoms with E-state index in [0.29, 0.717) is 0 Å². The van der Waals surface area contributed by atoms with Crippen LogP contribution >= 0.6 is 0 Å². The number of aliphatic imine (C=N–C) groups is 2. The maximum Gasteiger partial charge on any atom is 0.0892 e. The first kappa shape index (κ1) is 11.8. The third-order valence-electron chi connectivity index (χ3n) is 3.23. The summed E-state index contributed by atoms with van der Waals surface area (Å²) >= 11 is 0. The van der Waals surface area contributed by atoms with Gasteiger partial charge in [0.25, 0.3) is 0 Å². The quantitative estimate of drug-likeness (QED) is 0.704. The van der Waals surface area contributed by atoms with E-state index in [2.05, 4.69) is 43.1 Å². The van der Waals surface area contributed by atoms with Crippen molar-refractivity contribution in [2.45, 2.75) is 20.3 Å². The summed E-state index contributed by atoms with van der Waals surface area (Å²) in [5.41, 5.74) is 6.51. The van der Waals surface area contributed by atoms with Crippen molar-refractivity contribution >= 4 is 22.8 Å². The molecule has 0 aliphatic carbocycles. The molecule has 19 heavy (non-hydrogen) atoms. The summed E-state index contributed by atoms with van der Waals surface area (Å²) in [6, 6.07) is 16.6. The van der Waals surface area contributed by atoms with Gasteiger partial charge in [0.2, 0.25) is 0 Å². The van der Waals surface area contributed by atoms with E-state index in [-0.39, 0.29) is 0 Å². The molecule has 3 rings (SSSR count). The molecule has 0 aromatic heterocycles. The monoisotopic (exact) mass is 248 g/mol. The van der Waals surface area contributed by atoms with Crippen molar-refractivity contribution in [2.24, 2.45) is 9.98 Å². The van der Waals surface area contributed by atoms with E-state index < -0.39 is 0 Å². The van der Waals surface area contributed by atoms with Crippen LogP contribution in [0.15, 0.2) is 58.5 Å². The molecule has 94 valence electrons. The molecule has 1 aliphatic heterocycles. The van der Waals surface area contributed by atoms with Crippen LogP contribution in [-0.2, 0) is 0 Å². The highest BCUT2D eigenvalue weighted by Gasteiger charge is 2.12. The van der Waals surface area contributed by atoms with Gasteiger partial charge in [0.15, 0.2) is 0 Å². The summed E-state index contributed by atoms with van der Waals surface area (Å²) in [7, 11) is 0. The minimum absolute atomic E-state index is 0.803. The van der Waals surface area contributed by atoms with Crippen LogP contribution < -0.4 is 0 Å². The fourth-order valence-electron chi connectivity index (χ4n) is 2.29. The zero-order valence-electron chi connectivity index (χ0n) is 11.2. The van der Waals surface area contributed by atoms with E-state index in [1.807, 2.05) is 24.3 Å². The number of hydrogen-bond donors (Lipinski definition) is 0. The molecule has 0 saturated carbocycles. The lowest BCUT2D eigenvalue weighted by molar-refractivity contribution is 1.39. The van der Waals surface area contributed by atoms with Crippen molar-refractivity contribution < 1.29 is 0 Å². The Hall–Kier alpha value is -2.22. The first-order valence-electron chi connectivity index (χ1n) is 6.50. The molecule has 1 heterocycles. The van der Waals surface area contributed by atoms with E-state index in [1.54, 1.807) is 0 Å². The third-order valence-corrected chi connectivity index (χ3v) is 3.23. The van der Waals surface area contributed by atoms with Gasteiger partial charge in [-0.3, -0.25) is 9.98 Å². The number of fused-ring (bicyclic) bond motifs is 1. The van der Waals surface area contributed by atoms with E-state index in [0.717, 1.165) is 29.2 Å². The highest BCUT2D eigenvalue weighted by Crippen LogP contribution is 2.32. The van der Waals surface area contributed by atoms with Crippen LogP contribution in [0.1, 0.15) is 24.5 Å². The summed E-state index contributed by atoms with van der Waals surface area (Å²) in [5.74, 6) is 0. The Balaban J connectivity index is 2.15. The van der Waals surface area contributed by atoms with Crippen LogP contribution in [0, 0.1) is 6.92 Å². The molecule has 2 nitrogen and oxygen atoms in total. The molecule has 2 heteroatoms. The van der Waals surface area contributed by atoms with Crippen molar-refractivity contribution in [1.82, 2.24) is 0 Å². The fourth-order valence-corrected chi connectivity index (χ4v) is 2.29. The number of aryl methyl sites for hydroxylation is 1. The zero-order chi connectivity index (χ0) is 13.2. The Labute approximate surface area is 113 Å². The third kappa shape index (κ3) is 2.48. The largest absolute Gasteiger partial charge is 0.255 e. The zero-order valence-corrected chi connectivity index (χ0v) is 11.2. The maximum absolute atomic E-state index is 4.82. The van der Waals surface area contributed by atoms with Crippen LogP contribution in [-0.4, -0.2) is 11.4 Å². The number of nitrogens with zero attached hydrogens (tertiary/aromatic N) is 2. The molecule has 0 radical (unpaired) electrons. The number of benzene rings is 2. The summed E-state index contributed by atoms with van der Waals surface area (Å²) in [6.07, 6.45) is 0.803. The van der Waals surface area contributed by atoms with Crippen LogP contribution in [0.5, 0.6) is 0 Å². The first-order chi connectivity index (χ1) is 9.22. The molecule has 2 aromatic rings. The molecule has 0 fully saturated rings. The van der Waals surface area contributed by atoms with Gasteiger partial charge in [-0.05, 0) is 37.1 Å². The average Bonchev–Trinajstić information content (AvgIpc) is 2.58. The Bertz CT molecular complexity index is 667. The standard InChI is InChI=1S/C17H16N2/c1-12-8-9-15-17(10-12)19-16(11-13(2)18-15)14-6-4-3-5-7-14/h3-10H,11H2,1-2H3. The van der Waals surface area contributed by atoms with Gasteiger partial charge in [0.1, 0.15) is 0 Å². The molecule has 0 bridgehead atoms. The van der Waals surface area contributed by atoms with Gasteiger partial charge in [-0.15, -0.1) is 0 Å². The van der Waals surface area contributed by atoms with Crippen molar-refractivity contribution in [2.75, 3.05) is 0 Å². The van der Waals surface area contributed by atoms with Crippen molar-refractivity contribution in [3.63, 3.8) is 0 Å². The van der Waals surface area contributed by atoms with Crippen molar-refractivity contribution in [1.29, 1.82) is 0 Å². The molecule has 1 aliphatic rings. The summed E-state index contributed by atoms with van der Waals surface area (Å²) in [4.78, 5) is 9.48.